The largest absolute Gasteiger partial charge is 0.294 e. The number of aromatic nitrogens is 2. The lowest BCUT2D eigenvalue weighted by atomic mass is 9.88. The van der Waals surface area contributed by atoms with E-state index in [9.17, 15) is 4.79 Å². The number of carbonyl (C=O) groups excluding carboxylic acids is 1. The molecule has 3 heteroatoms. The third-order valence-corrected chi connectivity index (χ3v) is 2.89. The quantitative estimate of drug-likeness (QED) is 0.772. The van der Waals surface area contributed by atoms with Crippen LogP contribution in [0.1, 0.15) is 44.0 Å². The summed E-state index contributed by atoms with van der Waals surface area (Å²) in [6.45, 7) is 6.43. The predicted octanol–water partition coefficient (Wildman–Crippen LogP) is 3.64. The van der Waals surface area contributed by atoms with Crippen LogP contribution in [0.2, 0.25) is 0 Å². The highest BCUT2D eigenvalue weighted by molar-refractivity contribution is 5.98. The highest BCUT2D eigenvalue weighted by Crippen LogP contribution is 2.22. The van der Waals surface area contributed by atoms with Gasteiger partial charge in [0, 0.05) is 24.4 Å². The first-order valence-corrected chi connectivity index (χ1v) is 6.20. The fourth-order valence-corrected chi connectivity index (χ4v) is 1.77. The second-order valence-electron chi connectivity index (χ2n) is 5.74. The molecule has 0 aliphatic rings. The summed E-state index contributed by atoms with van der Waals surface area (Å²) < 4.78 is 0. The fourth-order valence-electron chi connectivity index (χ4n) is 1.77. The molecule has 94 valence electrons. The summed E-state index contributed by atoms with van der Waals surface area (Å²) in [5.41, 5.74) is 2.52. The highest BCUT2D eigenvalue weighted by atomic mass is 16.1. The van der Waals surface area contributed by atoms with Gasteiger partial charge >= 0.3 is 0 Å². The van der Waals surface area contributed by atoms with Crippen LogP contribution in [-0.2, 0) is 0 Å². The number of hydrogen-bond acceptors (Lipinski definition) is 3. The summed E-state index contributed by atoms with van der Waals surface area (Å²) in [4.78, 5) is 20.5. The van der Waals surface area contributed by atoms with E-state index >= 15 is 0 Å². The van der Waals surface area contributed by atoms with Crippen LogP contribution in [-0.4, -0.2) is 15.8 Å². The number of fused-ring (bicyclic) bond motifs is 1. The van der Waals surface area contributed by atoms with E-state index in [1.54, 1.807) is 12.4 Å². The fraction of sp³-hybridized carbons (Fsp3) is 0.400. The van der Waals surface area contributed by atoms with Gasteiger partial charge in [0.2, 0.25) is 0 Å². The van der Waals surface area contributed by atoms with Gasteiger partial charge < -0.3 is 0 Å². The van der Waals surface area contributed by atoms with Crippen molar-refractivity contribution in [2.75, 3.05) is 0 Å². The van der Waals surface area contributed by atoms with E-state index < -0.39 is 0 Å². The Kier molecular flexibility index (Phi) is 3.41. The van der Waals surface area contributed by atoms with Gasteiger partial charge in [-0.15, -0.1) is 0 Å². The zero-order chi connectivity index (χ0) is 13.2. The standard InChI is InChI=1S/C15H18N2O/c1-15(2,3)7-6-14(18)11-4-5-12-13(10-11)17-9-8-16-12/h4-5,8-10H,6-7H2,1-3H3. The molecule has 0 radical (unpaired) electrons. The third-order valence-electron chi connectivity index (χ3n) is 2.89. The van der Waals surface area contributed by atoms with E-state index in [0.29, 0.717) is 6.42 Å². The zero-order valence-corrected chi connectivity index (χ0v) is 11.1. The van der Waals surface area contributed by atoms with Crippen molar-refractivity contribution in [3.63, 3.8) is 0 Å². The summed E-state index contributed by atoms with van der Waals surface area (Å²) in [6, 6.07) is 5.52. The van der Waals surface area contributed by atoms with E-state index in [1.165, 1.54) is 0 Å². The molecule has 0 unspecified atom stereocenters. The minimum absolute atomic E-state index is 0.178. The molecule has 0 bridgehead atoms. The summed E-state index contributed by atoms with van der Waals surface area (Å²) in [5, 5.41) is 0. The number of Topliss-reactive ketones (excluding diaryl/α,β-unsaturated/α-hetero) is 1. The lowest BCUT2D eigenvalue weighted by Crippen LogP contribution is -2.09. The lowest BCUT2D eigenvalue weighted by Gasteiger charge is -2.17. The topological polar surface area (TPSA) is 42.9 Å². The van der Waals surface area contributed by atoms with Crippen LogP contribution in [0.5, 0.6) is 0 Å². The molecule has 0 saturated heterocycles. The maximum Gasteiger partial charge on any atom is 0.162 e. The van der Waals surface area contributed by atoms with Crippen LogP contribution < -0.4 is 0 Å². The molecular formula is C15H18N2O. The summed E-state index contributed by atoms with van der Waals surface area (Å²) >= 11 is 0. The molecule has 3 nitrogen and oxygen atoms in total. The molecule has 2 rings (SSSR count). The number of benzene rings is 1. The Morgan fingerprint density at radius 3 is 2.44 bits per heavy atom. The molecule has 0 spiro atoms. The molecule has 0 fully saturated rings. The van der Waals surface area contributed by atoms with Crippen LogP contribution in [0.4, 0.5) is 0 Å². The van der Waals surface area contributed by atoms with Gasteiger partial charge in [-0.1, -0.05) is 20.8 Å². The molecule has 1 aromatic carbocycles. The van der Waals surface area contributed by atoms with Crippen molar-refractivity contribution >= 4 is 16.8 Å². The monoisotopic (exact) mass is 242 g/mol. The molecule has 0 saturated carbocycles. The van der Waals surface area contributed by atoms with Crippen molar-refractivity contribution < 1.29 is 4.79 Å². The second-order valence-corrected chi connectivity index (χ2v) is 5.74. The van der Waals surface area contributed by atoms with E-state index in [0.717, 1.165) is 23.0 Å². The molecule has 0 atom stereocenters. The molecular weight excluding hydrogens is 224 g/mol. The Labute approximate surface area is 107 Å². The van der Waals surface area contributed by atoms with Crippen molar-refractivity contribution in [1.82, 2.24) is 9.97 Å². The Bertz CT molecular complexity index is 570. The van der Waals surface area contributed by atoms with Crippen molar-refractivity contribution in [3.05, 3.63) is 36.2 Å². The van der Waals surface area contributed by atoms with Crippen LogP contribution in [0.3, 0.4) is 0 Å². The average molecular weight is 242 g/mol. The SMILES string of the molecule is CC(C)(C)CCC(=O)c1ccc2nccnc2c1. The lowest BCUT2D eigenvalue weighted by molar-refractivity contribution is 0.0966. The van der Waals surface area contributed by atoms with Gasteiger partial charge in [-0.05, 0) is 30.0 Å². The first-order chi connectivity index (χ1) is 8.46. The molecule has 18 heavy (non-hydrogen) atoms. The molecule has 0 N–H and O–H groups in total. The maximum atomic E-state index is 12.1. The minimum atomic E-state index is 0.178. The number of nitrogens with zero attached hydrogens (tertiary/aromatic N) is 2. The van der Waals surface area contributed by atoms with Gasteiger partial charge in [-0.25, -0.2) is 0 Å². The van der Waals surface area contributed by atoms with Crippen LogP contribution in [0.25, 0.3) is 11.0 Å². The normalized spacial score (nSPS) is 11.7. The number of carbonyl (C=O) groups is 1. The number of rotatable bonds is 3. The van der Waals surface area contributed by atoms with Gasteiger partial charge in [-0.2, -0.15) is 0 Å². The van der Waals surface area contributed by atoms with Crippen LogP contribution in [0.15, 0.2) is 30.6 Å². The van der Waals surface area contributed by atoms with Gasteiger partial charge in [0.15, 0.2) is 5.78 Å². The van der Waals surface area contributed by atoms with Gasteiger partial charge in [-0.3, -0.25) is 14.8 Å². The smallest absolute Gasteiger partial charge is 0.162 e. The summed E-state index contributed by atoms with van der Waals surface area (Å²) in [7, 11) is 0. The minimum Gasteiger partial charge on any atom is -0.294 e. The molecule has 2 aromatic rings. The van der Waals surface area contributed by atoms with E-state index in [4.69, 9.17) is 0 Å². The van der Waals surface area contributed by atoms with Crippen LogP contribution >= 0.6 is 0 Å². The second kappa shape index (κ2) is 4.84. The first-order valence-electron chi connectivity index (χ1n) is 6.20. The van der Waals surface area contributed by atoms with Crippen molar-refractivity contribution in [1.29, 1.82) is 0 Å². The average Bonchev–Trinajstić information content (AvgIpc) is 2.34. The van der Waals surface area contributed by atoms with Crippen LogP contribution in [0, 0.1) is 5.41 Å². The predicted molar refractivity (Wildman–Crippen MR) is 72.6 cm³/mol. The molecule has 1 heterocycles. The number of ketones is 1. The Balaban J connectivity index is 2.18. The van der Waals surface area contributed by atoms with Crippen molar-refractivity contribution in [2.45, 2.75) is 33.6 Å². The third kappa shape index (κ3) is 3.13. The molecule has 1 aromatic heterocycles. The summed E-state index contributed by atoms with van der Waals surface area (Å²) in [5.74, 6) is 0.178. The van der Waals surface area contributed by atoms with E-state index in [2.05, 4.69) is 30.7 Å². The molecule has 0 aliphatic heterocycles. The highest BCUT2D eigenvalue weighted by Gasteiger charge is 2.14. The Hall–Kier alpha value is -1.77. The van der Waals surface area contributed by atoms with Crippen molar-refractivity contribution in [3.8, 4) is 0 Å². The molecule has 0 amide bonds. The van der Waals surface area contributed by atoms with E-state index in [1.807, 2.05) is 18.2 Å². The number of hydrogen-bond donors (Lipinski definition) is 0. The van der Waals surface area contributed by atoms with Gasteiger partial charge in [0.05, 0.1) is 11.0 Å². The first kappa shape index (κ1) is 12.7. The van der Waals surface area contributed by atoms with Crippen molar-refractivity contribution in [2.24, 2.45) is 5.41 Å². The van der Waals surface area contributed by atoms with Gasteiger partial charge in [0.25, 0.3) is 0 Å². The zero-order valence-electron chi connectivity index (χ0n) is 11.1. The molecule has 0 aliphatic carbocycles. The Morgan fingerprint density at radius 2 is 1.78 bits per heavy atom. The Morgan fingerprint density at radius 1 is 1.11 bits per heavy atom. The maximum absolute atomic E-state index is 12.1. The van der Waals surface area contributed by atoms with E-state index in [-0.39, 0.29) is 11.2 Å². The summed E-state index contributed by atoms with van der Waals surface area (Å²) in [6.07, 6.45) is 4.77. The van der Waals surface area contributed by atoms with Gasteiger partial charge in [0.1, 0.15) is 0 Å².